The molecule has 0 aromatic carbocycles. The van der Waals surface area contributed by atoms with Crippen molar-refractivity contribution in [2.75, 3.05) is 7.05 Å². The predicted molar refractivity (Wildman–Crippen MR) is 116 cm³/mol. The standard InChI is InChI=1S/C13H27.C6H6N3O2S2.Sn/c1-4-7-10-13(11-8-5-2)12-9-6-3;1-7-13(10,11)6-3-12-5-2-8-4-9(5)6;/h4-12H2,1-3H3;2,4,7H,1H3;. The Bertz CT molecular complexity index is 792. The Morgan fingerprint density at radius 3 is 2.15 bits per heavy atom. The van der Waals surface area contributed by atoms with E-state index >= 15 is 0 Å². The molecular formula is C19H33N3O2S2Sn. The van der Waals surface area contributed by atoms with E-state index in [1.807, 2.05) is 0 Å². The van der Waals surface area contributed by atoms with Crippen LogP contribution in [0.5, 0.6) is 0 Å². The van der Waals surface area contributed by atoms with Gasteiger partial charge in [-0.15, -0.1) is 0 Å². The van der Waals surface area contributed by atoms with Crippen molar-refractivity contribution in [3.63, 3.8) is 0 Å². The first-order valence-corrected chi connectivity index (χ1v) is 15.2. The topological polar surface area (TPSA) is 63.5 Å². The average molecular weight is 518 g/mol. The third kappa shape index (κ3) is 5.70. The van der Waals surface area contributed by atoms with Crippen LogP contribution >= 0.6 is 11.3 Å². The van der Waals surface area contributed by atoms with Gasteiger partial charge in [0.2, 0.25) is 0 Å². The van der Waals surface area contributed by atoms with Gasteiger partial charge in [0.25, 0.3) is 0 Å². The summed E-state index contributed by atoms with van der Waals surface area (Å²) in [4.78, 5) is 5.10. The van der Waals surface area contributed by atoms with Crippen LogP contribution in [0, 0.1) is 0 Å². The second-order valence-corrected chi connectivity index (χ2v) is 16.3. The van der Waals surface area contributed by atoms with E-state index in [0.29, 0.717) is 8.46 Å². The van der Waals surface area contributed by atoms with Crippen molar-refractivity contribution in [3.8, 4) is 0 Å². The van der Waals surface area contributed by atoms with E-state index < -0.39 is 31.2 Å². The molecule has 0 aliphatic heterocycles. The molecule has 0 spiro atoms. The molecular weight excluding hydrogens is 485 g/mol. The van der Waals surface area contributed by atoms with Gasteiger partial charge in [0, 0.05) is 0 Å². The Hall–Kier alpha value is -0.121. The fourth-order valence-electron chi connectivity index (χ4n) is 3.54. The molecule has 0 atom stereocenters. The van der Waals surface area contributed by atoms with E-state index in [1.54, 1.807) is 28.3 Å². The number of sulfonamides is 1. The molecule has 0 aliphatic rings. The summed E-state index contributed by atoms with van der Waals surface area (Å²) in [5.41, 5.74) is 0. The van der Waals surface area contributed by atoms with Gasteiger partial charge in [0.15, 0.2) is 0 Å². The van der Waals surface area contributed by atoms with Crippen molar-refractivity contribution in [1.82, 2.24) is 14.1 Å². The van der Waals surface area contributed by atoms with E-state index in [2.05, 4.69) is 30.5 Å². The quantitative estimate of drug-likeness (QED) is 0.401. The minimum absolute atomic E-state index is 0.361. The molecule has 152 valence electrons. The molecule has 2 aromatic heterocycles. The van der Waals surface area contributed by atoms with Gasteiger partial charge in [-0.05, 0) is 0 Å². The van der Waals surface area contributed by atoms with Crippen molar-refractivity contribution in [3.05, 3.63) is 12.5 Å². The molecule has 0 amide bonds. The number of aromatic nitrogens is 2. The number of unbranched alkanes of at least 4 members (excludes halogenated alkanes) is 3. The monoisotopic (exact) mass is 519 g/mol. The van der Waals surface area contributed by atoms with E-state index in [0.717, 1.165) is 7.72 Å². The second kappa shape index (κ2) is 10.6. The summed E-state index contributed by atoms with van der Waals surface area (Å²) in [6.45, 7) is 6.77. The zero-order valence-corrected chi connectivity index (χ0v) is 21.5. The van der Waals surface area contributed by atoms with Crippen LogP contribution in [0.15, 0.2) is 17.6 Å². The summed E-state index contributed by atoms with van der Waals surface area (Å²) in [5, 5.41) is 0.461. The number of hydrogen-bond acceptors (Lipinski definition) is 4. The van der Waals surface area contributed by atoms with Crippen LogP contribution in [0.1, 0.15) is 78.6 Å². The predicted octanol–water partition coefficient (Wildman–Crippen LogP) is 4.36. The van der Waals surface area contributed by atoms with Crippen molar-refractivity contribution < 1.29 is 8.42 Å². The molecule has 2 rings (SSSR count). The van der Waals surface area contributed by atoms with Crippen LogP contribution in [-0.2, 0) is 10.0 Å². The summed E-state index contributed by atoms with van der Waals surface area (Å²) >= 11 is 0.535. The Morgan fingerprint density at radius 1 is 1.11 bits per heavy atom. The zero-order valence-electron chi connectivity index (χ0n) is 17.0. The number of thiazole rings is 1. The first kappa shape index (κ1) is 23.2. The van der Waals surface area contributed by atoms with Gasteiger partial charge in [-0.25, -0.2) is 0 Å². The third-order valence-corrected chi connectivity index (χ3v) is 14.7. The van der Waals surface area contributed by atoms with Crippen LogP contribution < -0.4 is 7.62 Å². The molecule has 5 nitrogen and oxygen atoms in total. The molecule has 0 unspecified atom stereocenters. The number of hydrogen-bond donors (Lipinski definition) is 1. The normalized spacial score (nSPS) is 12.9. The fourth-order valence-corrected chi connectivity index (χ4v) is 14.6. The van der Waals surface area contributed by atoms with Crippen LogP contribution in [0.25, 0.3) is 4.83 Å². The third-order valence-electron chi connectivity index (χ3n) is 5.15. The molecule has 0 aliphatic carbocycles. The summed E-state index contributed by atoms with van der Waals surface area (Å²) in [5.74, 6) is 0. The van der Waals surface area contributed by atoms with Crippen molar-refractivity contribution >= 4 is 50.2 Å². The average Bonchev–Trinajstić information content (AvgIpc) is 3.23. The van der Waals surface area contributed by atoms with E-state index in [-0.39, 0.29) is 0 Å². The van der Waals surface area contributed by atoms with Gasteiger partial charge in [-0.3, -0.25) is 0 Å². The van der Waals surface area contributed by atoms with Crippen molar-refractivity contribution in [1.29, 1.82) is 0 Å². The van der Waals surface area contributed by atoms with Gasteiger partial charge in [0.1, 0.15) is 0 Å². The first-order chi connectivity index (χ1) is 12.9. The molecule has 0 fully saturated rings. The SMILES string of the molecule is CCCC[C](CCCC)(CCCC)[Sn][c]1sc2cncn2c1S(=O)(=O)NC. The summed E-state index contributed by atoms with van der Waals surface area (Å²) < 4.78 is 31.4. The molecule has 2 heterocycles. The number of rotatable bonds is 13. The Kier molecular flexibility index (Phi) is 9.09. The van der Waals surface area contributed by atoms with Gasteiger partial charge >= 0.3 is 179 Å². The molecule has 8 heteroatoms. The number of nitrogens with zero attached hydrogens (tertiary/aromatic N) is 2. The van der Waals surface area contributed by atoms with Gasteiger partial charge in [-0.2, -0.15) is 0 Å². The van der Waals surface area contributed by atoms with E-state index in [9.17, 15) is 8.42 Å². The van der Waals surface area contributed by atoms with Crippen LogP contribution in [0.2, 0.25) is 3.43 Å². The Morgan fingerprint density at radius 2 is 1.67 bits per heavy atom. The van der Waals surface area contributed by atoms with Gasteiger partial charge in [-0.1, -0.05) is 0 Å². The minimum atomic E-state index is -3.49. The molecule has 0 bridgehead atoms. The van der Waals surface area contributed by atoms with Crippen LogP contribution in [-0.4, -0.2) is 46.0 Å². The van der Waals surface area contributed by atoms with E-state index in [1.165, 1.54) is 64.8 Å². The summed E-state index contributed by atoms with van der Waals surface area (Å²) in [6.07, 6.45) is 14.5. The summed E-state index contributed by atoms with van der Waals surface area (Å²) in [6, 6.07) is 0. The first-order valence-electron chi connectivity index (χ1n) is 10.1. The van der Waals surface area contributed by atoms with Crippen LogP contribution in [0.3, 0.4) is 0 Å². The van der Waals surface area contributed by atoms with E-state index in [4.69, 9.17) is 0 Å². The molecule has 0 saturated carbocycles. The number of imidazole rings is 1. The maximum atomic E-state index is 12.8. The summed E-state index contributed by atoms with van der Waals surface area (Å²) in [7, 11) is -1.99. The van der Waals surface area contributed by atoms with Crippen molar-refractivity contribution in [2.24, 2.45) is 0 Å². The Balaban J connectivity index is 2.48. The Labute approximate surface area is 178 Å². The number of nitrogens with one attached hydrogen (secondary N) is 1. The molecule has 2 aromatic rings. The maximum absolute atomic E-state index is 12.8. The zero-order chi connectivity index (χ0) is 19.9. The van der Waals surface area contributed by atoms with Crippen LogP contribution in [0.4, 0.5) is 0 Å². The molecule has 2 radical (unpaired) electrons. The second-order valence-electron chi connectivity index (χ2n) is 7.26. The molecule has 0 saturated heterocycles. The molecule has 27 heavy (non-hydrogen) atoms. The fraction of sp³-hybridized carbons (Fsp3) is 0.737. The number of fused-ring (bicyclic) bond motifs is 1. The van der Waals surface area contributed by atoms with Gasteiger partial charge < -0.3 is 0 Å². The van der Waals surface area contributed by atoms with Gasteiger partial charge in [0.05, 0.1) is 0 Å². The molecule has 1 N–H and O–H groups in total. The van der Waals surface area contributed by atoms with Crippen molar-refractivity contribution in [2.45, 2.75) is 87.0 Å².